The Morgan fingerprint density at radius 3 is 2.55 bits per heavy atom. The first-order valence-corrected chi connectivity index (χ1v) is 8.72. The van der Waals surface area contributed by atoms with Gasteiger partial charge in [-0.25, -0.2) is 0 Å². The first-order chi connectivity index (χ1) is 10.5. The van der Waals surface area contributed by atoms with Gasteiger partial charge in [0.15, 0.2) is 0 Å². The van der Waals surface area contributed by atoms with E-state index < -0.39 is 0 Å². The van der Waals surface area contributed by atoms with E-state index >= 15 is 0 Å². The second-order valence-corrected chi connectivity index (χ2v) is 7.31. The molecule has 1 aliphatic heterocycles. The van der Waals surface area contributed by atoms with E-state index in [2.05, 4.69) is 36.2 Å². The van der Waals surface area contributed by atoms with Crippen molar-refractivity contribution in [2.75, 3.05) is 13.1 Å². The summed E-state index contributed by atoms with van der Waals surface area (Å²) in [6.45, 7) is 6.22. The molecule has 1 aliphatic carbocycles. The topological polar surface area (TPSA) is 32.3 Å². The van der Waals surface area contributed by atoms with E-state index in [1.54, 1.807) is 0 Å². The van der Waals surface area contributed by atoms with Crippen LogP contribution in [-0.2, 0) is 4.79 Å². The zero-order chi connectivity index (χ0) is 15.7. The summed E-state index contributed by atoms with van der Waals surface area (Å²) in [5.41, 5.74) is 1.26. The average Bonchev–Trinajstić information content (AvgIpc) is 3.34. The van der Waals surface area contributed by atoms with E-state index in [0.29, 0.717) is 29.8 Å². The molecule has 2 aliphatic rings. The summed E-state index contributed by atoms with van der Waals surface area (Å²) < 4.78 is 0. The van der Waals surface area contributed by atoms with Crippen LogP contribution in [0, 0.1) is 11.8 Å². The molecule has 22 heavy (non-hydrogen) atoms. The standard InChI is InChI=1S/C18H25ClN2O/c1-12-11-21(18(22)15-3-4-15)10-9-17(12)20-13(2)14-5-7-16(19)8-6-14/h5-8,12-13,15,17,20H,3-4,9-11H2,1-2H3/t12-,13-,17-/m0/s1. The number of carbonyl (C=O) groups excluding carboxylic acids is 1. The summed E-state index contributed by atoms with van der Waals surface area (Å²) in [6.07, 6.45) is 3.23. The number of nitrogens with zero attached hydrogens (tertiary/aromatic N) is 1. The summed E-state index contributed by atoms with van der Waals surface area (Å²) in [6, 6.07) is 8.81. The third-order valence-corrected chi connectivity index (χ3v) is 5.23. The van der Waals surface area contributed by atoms with Crippen LogP contribution in [0.4, 0.5) is 0 Å². The van der Waals surface area contributed by atoms with Gasteiger partial charge in [0.25, 0.3) is 0 Å². The van der Waals surface area contributed by atoms with E-state index in [1.165, 1.54) is 5.56 Å². The van der Waals surface area contributed by atoms with Gasteiger partial charge in [-0.2, -0.15) is 0 Å². The van der Waals surface area contributed by atoms with Gasteiger partial charge in [-0.15, -0.1) is 0 Å². The summed E-state index contributed by atoms with van der Waals surface area (Å²) in [7, 11) is 0. The number of carbonyl (C=O) groups is 1. The van der Waals surface area contributed by atoms with Crippen LogP contribution in [0.5, 0.6) is 0 Å². The Hall–Kier alpha value is -1.06. The quantitative estimate of drug-likeness (QED) is 0.918. The molecule has 1 aromatic carbocycles. The molecule has 3 rings (SSSR count). The molecular formula is C18H25ClN2O. The molecule has 1 aromatic rings. The van der Waals surface area contributed by atoms with Crippen LogP contribution in [0.2, 0.25) is 5.02 Å². The number of nitrogens with one attached hydrogen (secondary N) is 1. The van der Waals surface area contributed by atoms with Crippen molar-refractivity contribution in [3.63, 3.8) is 0 Å². The van der Waals surface area contributed by atoms with Crippen LogP contribution in [0.1, 0.15) is 44.7 Å². The molecule has 120 valence electrons. The molecular weight excluding hydrogens is 296 g/mol. The van der Waals surface area contributed by atoms with Gasteiger partial charge in [-0.3, -0.25) is 4.79 Å². The number of piperidine rings is 1. The van der Waals surface area contributed by atoms with E-state index in [-0.39, 0.29) is 0 Å². The van der Waals surface area contributed by atoms with Crippen LogP contribution in [-0.4, -0.2) is 29.9 Å². The van der Waals surface area contributed by atoms with Gasteiger partial charge in [-0.1, -0.05) is 30.7 Å². The molecule has 1 saturated heterocycles. The molecule has 1 N–H and O–H groups in total. The lowest BCUT2D eigenvalue weighted by molar-refractivity contribution is -0.134. The molecule has 2 fully saturated rings. The second kappa shape index (κ2) is 6.59. The van der Waals surface area contributed by atoms with Crippen molar-refractivity contribution in [3.05, 3.63) is 34.9 Å². The minimum atomic E-state index is 0.301. The van der Waals surface area contributed by atoms with Gasteiger partial charge < -0.3 is 10.2 Å². The smallest absolute Gasteiger partial charge is 0.225 e. The SMILES string of the molecule is C[C@H](N[C@H]1CCN(C(=O)C2CC2)C[C@@H]1C)c1ccc(Cl)cc1. The van der Waals surface area contributed by atoms with Gasteiger partial charge in [-0.05, 0) is 49.8 Å². The summed E-state index contributed by atoms with van der Waals surface area (Å²) >= 11 is 5.95. The Balaban J connectivity index is 1.54. The van der Waals surface area contributed by atoms with Gasteiger partial charge in [0.05, 0.1) is 0 Å². The van der Waals surface area contributed by atoms with Crippen LogP contribution in [0.15, 0.2) is 24.3 Å². The van der Waals surface area contributed by atoms with Crippen LogP contribution < -0.4 is 5.32 Å². The second-order valence-electron chi connectivity index (χ2n) is 6.87. The fourth-order valence-electron chi connectivity index (χ4n) is 3.35. The van der Waals surface area contributed by atoms with Crippen molar-refractivity contribution in [2.24, 2.45) is 11.8 Å². The van der Waals surface area contributed by atoms with Crippen molar-refractivity contribution in [1.82, 2.24) is 10.2 Å². The minimum Gasteiger partial charge on any atom is -0.342 e. The first-order valence-electron chi connectivity index (χ1n) is 8.35. The normalized spacial score (nSPS) is 26.8. The highest BCUT2D eigenvalue weighted by atomic mass is 35.5. The first kappa shape index (κ1) is 15.8. The molecule has 1 heterocycles. The Labute approximate surface area is 138 Å². The molecule has 3 nitrogen and oxygen atoms in total. The largest absolute Gasteiger partial charge is 0.342 e. The Morgan fingerprint density at radius 2 is 1.95 bits per heavy atom. The maximum Gasteiger partial charge on any atom is 0.225 e. The van der Waals surface area contributed by atoms with Crippen molar-refractivity contribution >= 4 is 17.5 Å². The predicted molar refractivity (Wildman–Crippen MR) is 89.9 cm³/mol. The molecule has 0 unspecified atom stereocenters. The third-order valence-electron chi connectivity index (χ3n) is 4.98. The number of halogens is 1. The van der Waals surface area contributed by atoms with Gasteiger partial charge in [0.1, 0.15) is 0 Å². The molecule has 4 heteroatoms. The molecule has 0 aromatic heterocycles. The van der Waals surface area contributed by atoms with E-state index in [1.807, 2.05) is 12.1 Å². The number of hydrogen-bond acceptors (Lipinski definition) is 2. The fourth-order valence-corrected chi connectivity index (χ4v) is 3.48. The Kier molecular flexibility index (Phi) is 4.74. The lowest BCUT2D eigenvalue weighted by Gasteiger charge is -2.39. The summed E-state index contributed by atoms with van der Waals surface area (Å²) in [5.74, 6) is 1.21. The molecule has 3 atom stereocenters. The zero-order valence-corrected chi connectivity index (χ0v) is 14.1. The van der Waals surface area contributed by atoms with Crippen LogP contribution in [0.3, 0.4) is 0 Å². The minimum absolute atomic E-state index is 0.301. The number of amides is 1. The number of rotatable bonds is 4. The maximum absolute atomic E-state index is 12.2. The Morgan fingerprint density at radius 1 is 1.27 bits per heavy atom. The molecule has 0 spiro atoms. The predicted octanol–water partition coefficient (Wildman–Crippen LogP) is 3.64. The number of benzene rings is 1. The summed E-state index contributed by atoms with van der Waals surface area (Å²) in [5, 5.41) is 4.50. The van der Waals surface area contributed by atoms with E-state index in [9.17, 15) is 4.79 Å². The van der Waals surface area contributed by atoms with Crippen molar-refractivity contribution in [1.29, 1.82) is 0 Å². The van der Waals surface area contributed by atoms with Crippen molar-refractivity contribution < 1.29 is 4.79 Å². The van der Waals surface area contributed by atoms with E-state index in [4.69, 9.17) is 11.6 Å². The summed E-state index contributed by atoms with van der Waals surface area (Å²) in [4.78, 5) is 14.3. The maximum atomic E-state index is 12.2. The highest BCUT2D eigenvalue weighted by Gasteiger charge is 2.37. The Bertz CT molecular complexity index is 526. The van der Waals surface area contributed by atoms with Crippen molar-refractivity contribution in [2.45, 2.75) is 45.2 Å². The lowest BCUT2D eigenvalue weighted by atomic mass is 9.92. The number of likely N-dealkylation sites (tertiary alicyclic amines) is 1. The molecule has 1 amide bonds. The highest BCUT2D eigenvalue weighted by Crippen LogP contribution is 2.32. The molecule has 0 radical (unpaired) electrons. The van der Waals surface area contributed by atoms with Gasteiger partial charge in [0.2, 0.25) is 5.91 Å². The van der Waals surface area contributed by atoms with Crippen LogP contribution in [0.25, 0.3) is 0 Å². The fraction of sp³-hybridized carbons (Fsp3) is 0.611. The monoisotopic (exact) mass is 320 g/mol. The average molecular weight is 321 g/mol. The molecule has 0 bridgehead atoms. The van der Waals surface area contributed by atoms with E-state index in [0.717, 1.165) is 37.4 Å². The highest BCUT2D eigenvalue weighted by molar-refractivity contribution is 6.30. The van der Waals surface area contributed by atoms with Crippen molar-refractivity contribution in [3.8, 4) is 0 Å². The third kappa shape index (κ3) is 3.64. The lowest BCUT2D eigenvalue weighted by Crippen LogP contribution is -2.50. The zero-order valence-electron chi connectivity index (χ0n) is 13.4. The van der Waals surface area contributed by atoms with Gasteiger partial charge in [0, 0.05) is 36.1 Å². The molecule has 1 saturated carbocycles. The van der Waals surface area contributed by atoms with Crippen LogP contribution >= 0.6 is 11.6 Å². The van der Waals surface area contributed by atoms with Gasteiger partial charge >= 0.3 is 0 Å². The number of hydrogen-bond donors (Lipinski definition) is 1.